The van der Waals surface area contributed by atoms with Crippen LogP contribution < -0.4 is 0 Å². The standard InChI is InChI=1S/C17H19N3O/c1-13-5-4-10-20(12-13)17(21)14-7-8-16(19-11-14)15-6-2-3-9-18-15/h2-3,6-9,11,13H,4-5,10,12H2,1H3. The Bertz CT molecular complexity index is 610. The van der Waals surface area contributed by atoms with Gasteiger partial charge in [0.1, 0.15) is 0 Å². The molecule has 3 rings (SSSR count). The third-order valence-corrected chi connectivity index (χ3v) is 3.88. The van der Waals surface area contributed by atoms with Crippen LogP contribution in [0.25, 0.3) is 11.4 Å². The van der Waals surface area contributed by atoms with Crippen molar-refractivity contribution in [3.05, 3.63) is 48.3 Å². The van der Waals surface area contributed by atoms with Crippen molar-refractivity contribution >= 4 is 5.91 Å². The quantitative estimate of drug-likeness (QED) is 0.850. The Balaban J connectivity index is 1.76. The minimum Gasteiger partial charge on any atom is -0.338 e. The van der Waals surface area contributed by atoms with E-state index < -0.39 is 0 Å². The van der Waals surface area contributed by atoms with Gasteiger partial charge in [0.25, 0.3) is 5.91 Å². The minimum absolute atomic E-state index is 0.0848. The Morgan fingerprint density at radius 2 is 2.05 bits per heavy atom. The Hall–Kier alpha value is -2.23. The van der Waals surface area contributed by atoms with Crippen LogP contribution in [0.1, 0.15) is 30.1 Å². The highest BCUT2D eigenvalue weighted by Crippen LogP contribution is 2.19. The summed E-state index contributed by atoms with van der Waals surface area (Å²) in [7, 11) is 0. The SMILES string of the molecule is CC1CCCN(C(=O)c2ccc(-c3ccccn3)nc2)C1. The smallest absolute Gasteiger partial charge is 0.255 e. The Morgan fingerprint density at radius 3 is 2.71 bits per heavy atom. The number of aromatic nitrogens is 2. The summed E-state index contributed by atoms with van der Waals surface area (Å²) in [5.74, 6) is 0.671. The van der Waals surface area contributed by atoms with Gasteiger partial charge in [-0.2, -0.15) is 0 Å². The number of nitrogens with zero attached hydrogens (tertiary/aromatic N) is 3. The summed E-state index contributed by atoms with van der Waals surface area (Å²) >= 11 is 0. The molecule has 1 saturated heterocycles. The van der Waals surface area contributed by atoms with E-state index in [1.54, 1.807) is 12.4 Å². The van der Waals surface area contributed by atoms with Gasteiger partial charge >= 0.3 is 0 Å². The highest BCUT2D eigenvalue weighted by molar-refractivity contribution is 5.94. The third-order valence-electron chi connectivity index (χ3n) is 3.88. The molecule has 0 aliphatic carbocycles. The van der Waals surface area contributed by atoms with Gasteiger partial charge in [-0.05, 0) is 43.0 Å². The summed E-state index contributed by atoms with van der Waals surface area (Å²) in [5.41, 5.74) is 2.27. The van der Waals surface area contributed by atoms with E-state index in [2.05, 4.69) is 16.9 Å². The largest absolute Gasteiger partial charge is 0.338 e. The van der Waals surface area contributed by atoms with E-state index >= 15 is 0 Å². The Kier molecular flexibility index (Phi) is 3.95. The summed E-state index contributed by atoms with van der Waals surface area (Å²) in [6, 6.07) is 9.43. The van der Waals surface area contributed by atoms with Crippen LogP contribution in [0, 0.1) is 5.92 Å². The van der Waals surface area contributed by atoms with Crippen LogP contribution in [0.2, 0.25) is 0 Å². The van der Waals surface area contributed by atoms with E-state index in [9.17, 15) is 4.79 Å². The molecule has 1 unspecified atom stereocenters. The van der Waals surface area contributed by atoms with Crippen LogP contribution in [-0.2, 0) is 0 Å². The predicted molar refractivity (Wildman–Crippen MR) is 81.8 cm³/mol. The number of amides is 1. The zero-order chi connectivity index (χ0) is 14.7. The number of carbonyl (C=O) groups is 1. The van der Waals surface area contributed by atoms with Gasteiger partial charge in [0.05, 0.1) is 17.0 Å². The van der Waals surface area contributed by atoms with Crippen molar-refractivity contribution in [2.75, 3.05) is 13.1 Å². The highest BCUT2D eigenvalue weighted by atomic mass is 16.2. The van der Waals surface area contributed by atoms with Crippen LogP contribution in [-0.4, -0.2) is 33.9 Å². The van der Waals surface area contributed by atoms with Crippen LogP contribution in [0.3, 0.4) is 0 Å². The number of likely N-dealkylation sites (tertiary alicyclic amines) is 1. The third kappa shape index (κ3) is 3.10. The topological polar surface area (TPSA) is 46.1 Å². The molecule has 1 aliphatic rings. The average Bonchev–Trinajstić information content (AvgIpc) is 2.55. The van der Waals surface area contributed by atoms with E-state index in [0.717, 1.165) is 30.9 Å². The first-order chi connectivity index (χ1) is 10.2. The number of carbonyl (C=O) groups excluding carboxylic acids is 1. The maximum Gasteiger partial charge on any atom is 0.255 e. The Morgan fingerprint density at radius 1 is 1.19 bits per heavy atom. The summed E-state index contributed by atoms with van der Waals surface area (Å²) in [6.45, 7) is 3.90. The number of rotatable bonds is 2. The van der Waals surface area contributed by atoms with Gasteiger partial charge in [0.15, 0.2) is 0 Å². The lowest BCUT2D eigenvalue weighted by atomic mass is 10.00. The first-order valence-electron chi connectivity index (χ1n) is 7.41. The second-order valence-electron chi connectivity index (χ2n) is 5.65. The molecule has 0 aromatic carbocycles. The molecule has 2 aromatic heterocycles. The first-order valence-corrected chi connectivity index (χ1v) is 7.41. The van der Waals surface area contributed by atoms with Crippen LogP contribution in [0.15, 0.2) is 42.7 Å². The molecule has 1 atom stereocenters. The predicted octanol–water partition coefficient (Wildman–Crippen LogP) is 3.02. The number of hydrogen-bond donors (Lipinski definition) is 0. The molecule has 108 valence electrons. The molecule has 0 bridgehead atoms. The number of hydrogen-bond acceptors (Lipinski definition) is 3. The lowest BCUT2D eigenvalue weighted by Crippen LogP contribution is -2.39. The summed E-state index contributed by atoms with van der Waals surface area (Å²) in [6.07, 6.45) is 5.70. The summed E-state index contributed by atoms with van der Waals surface area (Å²) in [4.78, 5) is 23.0. The van der Waals surface area contributed by atoms with E-state index in [1.165, 1.54) is 6.42 Å². The lowest BCUT2D eigenvalue weighted by Gasteiger charge is -2.30. The number of piperidine rings is 1. The zero-order valence-electron chi connectivity index (χ0n) is 12.2. The molecule has 4 nitrogen and oxygen atoms in total. The van der Waals surface area contributed by atoms with Crippen molar-refractivity contribution in [2.24, 2.45) is 5.92 Å². The summed E-state index contributed by atoms with van der Waals surface area (Å²) < 4.78 is 0. The second kappa shape index (κ2) is 6.04. The van der Waals surface area contributed by atoms with Crippen molar-refractivity contribution in [3.63, 3.8) is 0 Å². The fraction of sp³-hybridized carbons (Fsp3) is 0.353. The summed E-state index contributed by atoms with van der Waals surface area (Å²) in [5, 5.41) is 0. The molecule has 0 saturated carbocycles. The lowest BCUT2D eigenvalue weighted by molar-refractivity contribution is 0.0682. The van der Waals surface area contributed by atoms with Crippen molar-refractivity contribution in [1.29, 1.82) is 0 Å². The van der Waals surface area contributed by atoms with Crippen molar-refractivity contribution in [3.8, 4) is 11.4 Å². The molecule has 4 heteroatoms. The molecule has 1 aliphatic heterocycles. The van der Waals surface area contributed by atoms with Crippen LogP contribution >= 0.6 is 0 Å². The zero-order valence-corrected chi connectivity index (χ0v) is 12.2. The molecule has 0 spiro atoms. The molecule has 0 N–H and O–H groups in total. The molecular weight excluding hydrogens is 262 g/mol. The molecule has 21 heavy (non-hydrogen) atoms. The normalized spacial score (nSPS) is 18.5. The van der Waals surface area contributed by atoms with Crippen LogP contribution in [0.4, 0.5) is 0 Å². The van der Waals surface area contributed by atoms with Gasteiger partial charge < -0.3 is 4.90 Å². The highest BCUT2D eigenvalue weighted by Gasteiger charge is 2.22. The fourth-order valence-electron chi connectivity index (χ4n) is 2.74. The number of pyridine rings is 2. The molecular formula is C17H19N3O. The van der Waals surface area contributed by atoms with Crippen molar-refractivity contribution in [1.82, 2.24) is 14.9 Å². The van der Waals surface area contributed by atoms with Gasteiger partial charge in [-0.3, -0.25) is 14.8 Å². The van der Waals surface area contributed by atoms with Gasteiger partial charge in [-0.25, -0.2) is 0 Å². The maximum atomic E-state index is 12.5. The maximum absolute atomic E-state index is 12.5. The monoisotopic (exact) mass is 281 g/mol. The molecule has 1 fully saturated rings. The van der Waals surface area contributed by atoms with Crippen molar-refractivity contribution < 1.29 is 4.79 Å². The van der Waals surface area contributed by atoms with Gasteiger partial charge in [0.2, 0.25) is 0 Å². The molecule has 0 radical (unpaired) electrons. The second-order valence-corrected chi connectivity index (χ2v) is 5.65. The first kappa shape index (κ1) is 13.7. The molecule has 3 heterocycles. The minimum atomic E-state index is 0.0848. The van der Waals surface area contributed by atoms with E-state index in [0.29, 0.717) is 11.5 Å². The molecule has 2 aromatic rings. The average molecular weight is 281 g/mol. The fourth-order valence-corrected chi connectivity index (χ4v) is 2.74. The van der Waals surface area contributed by atoms with Crippen LogP contribution in [0.5, 0.6) is 0 Å². The molecule has 1 amide bonds. The van der Waals surface area contributed by atoms with Crippen molar-refractivity contribution in [2.45, 2.75) is 19.8 Å². The van der Waals surface area contributed by atoms with E-state index in [-0.39, 0.29) is 5.91 Å². The van der Waals surface area contributed by atoms with Gasteiger partial charge in [0, 0.05) is 25.5 Å². The Labute approximate surface area is 124 Å². The van der Waals surface area contributed by atoms with E-state index in [1.807, 2.05) is 35.2 Å². The van der Waals surface area contributed by atoms with Gasteiger partial charge in [-0.1, -0.05) is 13.0 Å². The van der Waals surface area contributed by atoms with Gasteiger partial charge in [-0.15, -0.1) is 0 Å². The van der Waals surface area contributed by atoms with E-state index in [4.69, 9.17) is 0 Å².